The highest BCUT2D eigenvalue weighted by Crippen LogP contribution is 2.32. The molecule has 0 unspecified atom stereocenters. The Labute approximate surface area is 202 Å². The highest BCUT2D eigenvalue weighted by atomic mass is 35.5. The third kappa shape index (κ3) is 4.76. The summed E-state index contributed by atoms with van der Waals surface area (Å²) in [4.78, 5) is 17.1. The lowest BCUT2D eigenvalue weighted by Gasteiger charge is -2.36. The minimum absolute atomic E-state index is 0.675. The molecule has 32 heavy (non-hydrogen) atoms. The lowest BCUT2D eigenvalue weighted by atomic mass is 10.1. The summed E-state index contributed by atoms with van der Waals surface area (Å²) in [6.45, 7) is 6.75. The fraction of sp³-hybridized carbons (Fsp3) is 0.280. The average Bonchev–Trinajstić information content (AvgIpc) is 3.16. The van der Waals surface area contributed by atoms with Gasteiger partial charge in [-0.15, -0.1) is 11.3 Å². The highest BCUT2D eigenvalue weighted by Gasteiger charge is 2.22. The van der Waals surface area contributed by atoms with E-state index in [-0.39, 0.29) is 0 Å². The molecule has 1 aliphatic rings. The van der Waals surface area contributed by atoms with Gasteiger partial charge in [0.05, 0.1) is 5.39 Å². The van der Waals surface area contributed by atoms with Crippen molar-refractivity contribution in [2.45, 2.75) is 19.9 Å². The van der Waals surface area contributed by atoms with E-state index in [1.54, 1.807) is 11.3 Å². The number of hydrogen-bond donors (Lipinski definition) is 0. The van der Waals surface area contributed by atoms with E-state index in [9.17, 15) is 0 Å². The highest BCUT2D eigenvalue weighted by molar-refractivity contribution is 7.18. The normalized spacial score (nSPS) is 14.9. The fourth-order valence-electron chi connectivity index (χ4n) is 4.18. The summed E-state index contributed by atoms with van der Waals surface area (Å²) in [7, 11) is 0. The topological polar surface area (TPSA) is 32.3 Å². The summed E-state index contributed by atoms with van der Waals surface area (Å²) in [6.07, 6.45) is 0.746. The van der Waals surface area contributed by atoms with E-state index in [4.69, 9.17) is 33.2 Å². The van der Waals surface area contributed by atoms with Crippen molar-refractivity contribution in [3.05, 3.63) is 86.5 Å². The molecule has 0 atom stereocenters. The van der Waals surface area contributed by atoms with Gasteiger partial charge in [-0.05, 0) is 36.2 Å². The van der Waals surface area contributed by atoms with Crippen LogP contribution in [-0.4, -0.2) is 41.0 Å². The molecule has 0 saturated carbocycles. The molecule has 1 fully saturated rings. The van der Waals surface area contributed by atoms with Crippen molar-refractivity contribution >= 4 is 50.6 Å². The molecule has 4 nitrogen and oxygen atoms in total. The van der Waals surface area contributed by atoms with Crippen LogP contribution >= 0.6 is 34.5 Å². The number of nitrogens with zero attached hydrogens (tertiary/aromatic N) is 4. The Bertz CT molecular complexity index is 1230. The van der Waals surface area contributed by atoms with E-state index in [0.29, 0.717) is 5.02 Å². The first-order chi connectivity index (χ1) is 15.5. The predicted octanol–water partition coefficient (Wildman–Crippen LogP) is 6.22. The van der Waals surface area contributed by atoms with Crippen LogP contribution in [0.25, 0.3) is 10.2 Å². The number of aryl methyl sites for hydroxylation is 1. The zero-order valence-electron chi connectivity index (χ0n) is 17.9. The Morgan fingerprint density at radius 1 is 0.938 bits per heavy atom. The number of anilines is 1. The SMILES string of the molecule is Cc1cc2c(N3CCN(Cc4ccc(Cl)cc4Cl)CC3)nc(Cc3ccccc3)nc2s1. The van der Waals surface area contributed by atoms with Gasteiger partial charge in [0.15, 0.2) is 0 Å². The van der Waals surface area contributed by atoms with Crippen molar-refractivity contribution in [3.63, 3.8) is 0 Å². The van der Waals surface area contributed by atoms with E-state index in [1.807, 2.05) is 24.3 Å². The minimum atomic E-state index is 0.675. The van der Waals surface area contributed by atoms with Crippen LogP contribution in [0.2, 0.25) is 10.0 Å². The van der Waals surface area contributed by atoms with Crippen LogP contribution in [0.4, 0.5) is 5.82 Å². The summed E-state index contributed by atoms with van der Waals surface area (Å²) >= 11 is 14.2. The van der Waals surface area contributed by atoms with Gasteiger partial charge in [0, 0.05) is 54.1 Å². The summed E-state index contributed by atoms with van der Waals surface area (Å²) in [5.41, 5.74) is 2.35. The largest absolute Gasteiger partial charge is 0.353 e. The number of fused-ring (bicyclic) bond motifs is 1. The zero-order chi connectivity index (χ0) is 22.1. The second-order valence-corrected chi connectivity index (χ2v) is 10.3. The van der Waals surface area contributed by atoms with Crippen molar-refractivity contribution in [3.8, 4) is 0 Å². The molecule has 0 amide bonds. The standard InChI is InChI=1S/C25H24Cl2N4S/c1-17-13-21-24(28-23(29-25(21)32-17)14-18-5-3-2-4-6-18)31-11-9-30(10-12-31)16-19-7-8-20(26)15-22(19)27/h2-8,13,15H,9-12,14,16H2,1H3. The van der Waals surface area contributed by atoms with Gasteiger partial charge in [0.25, 0.3) is 0 Å². The molecule has 3 heterocycles. The lowest BCUT2D eigenvalue weighted by molar-refractivity contribution is 0.249. The Kier molecular flexibility index (Phi) is 6.33. The van der Waals surface area contributed by atoms with Crippen molar-refractivity contribution in [2.75, 3.05) is 31.1 Å². The van der Waals surface area contributed by atoms with Crippen LogP contribution in [0, 0.1) is 6.92 Å². The molecule has 0 spiro atoms. The summed E-state index contributed by atoms with van der Waals surface area (Å²) in [5.74, 6) is 1.95. The number of benzene rings is 2. The Hall–Kier alpha value is -2.18. The Balaban J connectivity index is 1.35. The number of rotatable bonds is 5. The zero-order valence-corrected chi connectivity index (χ0v) is 20.2. The maximum absolute atomic E-state index is 6.39. The molecule has 1 aliphatic heterocycles. The van der Waals surface area contributed by atoms with Crippen LogP contribution in [-0.2, 0) is 13.0 Å². The minimum Gasteiger partial charge on any atom is -0.353 e. The summed E-state index contributed by atoms with van der Waals surface area (Å²) in [6, 6.07) is 18.4. The fourth-order valence-corrected chi connectivity index (χ4v) is 5.54. The van der Waals surface area contributed by atoms with Gasteiger partial charge in [-0.25, -0.2) is 9.97 Å². The number of halogens is 2. The van der Waals surface area contributed by atoms with Crippen molar-refractivity contribution < 1.29 is 0 Å². The first kappa shape index (κ1) is 21.7. The second-order valence-electron chi connectivity index (χ2n) is 8.20. The third-order valence-corrected chi connectivity index (χ3v) is 7.36. The third-order valence-electron chi connectivity index (χ3n) is 5.83. The lowest BCUT2D eigenvalue weighted by Crippen LogP contribution is -2.46. The van der Waals surface area contributed by atoms with Gasteiger partial charge in [-0.2, -0.15) is 0 Å². The van der Waals surface area contributed by atoms with E-state index in [1.165, 1.54) is 15.8 Å². The Morgan fingerprint density at radius 3 is 2.47 bits per heavy atom. The molecule has 1 saturated heterocycles. The van der Waals surface area contributed by atoms with Gasteiger partial charge < -0.3 is 4.90 Å². The maximum Gasteiger partial charge on any atom is 0.141 e. The molecule has 0 bridgehead atoms. The number of hydrogen-bond acceptors (Lipinski definition) is 5. The first-order valence-corrected chi connectivity index (χ1v) is 12.3. The van der Waals surface area contributed by atoms with Gasteiger partial charge >= 0.3 is 0 Å². The molecule has 2 aromatic heterocycles. The molecule has 7 heteroatoms. The van der Waals surface area contributed by atoms with Crippen LogP contribution < -0.4 is 4.90 Å². The van der Waals surface area contributed by atoms with Gasteiger partial charge in [-0.3, -0.25) is 4.90 Å². The van der Waals surface area contributed by atoms with Gasteiger partial charge in [-0.1, -0.05) is 59.6 Å². The predicted molar refractivity (Wildman–Crippen MR) is 135 cm³/mol. The summed E-state index contributed by atoms with van der Waals surface area (Å²) < 4.78 is 0. The molecule has 0 N–H and O–H groups in total. The monoisotopic (exact) mass is 482 g/mol. The quantitative estimate of drug-likeness (QED) is 0.337. The van der Waals surface area contributed by atoms with E-state index in [2.05, 4.69) is 47.1 Å². The van der Waals surface area contributed by atoms with Crippen LogP contribution in [0.15, 0.2) is 54.6 Å². The van der Waals surface area contributed by atoms with Crippen molar-refractivity contribution in [1.82, 2.24) is 14.9 Å². The molecule has 0 radical (unpaired) electrons. The first-order valence-electron chi connectivity index (χ1n) is 10.8. The van der Waals surface area contributed by atoms with Gasteiger partial charge in [0.2, 0.25) is 0 Å². The van der Waals surface area contributed by atoms with Crippen molar-refractivity contribution in [2.24, 2.45) is 0 Å². The smallest absolute Gasteiger partial charge is 0.141 e. The summed E-state index contributed by atoms with van der Waals surface area (Å²) in [5, 5.41) is 2.57. The molecular formula is C25H24Cl2N4S. The molecular weight excluding hydrogens is 459 g/mol. The molecule has 0 aliphatic carbocycles. The van der Waals surface area contributed by atoms with Crippen molar-refractivity contribution in [1.29, 1.82) is 0 Å². The molecule has 164 valence electrons. The Morgan fingerprint density at radius 2 is 1.72 bits per heavy atom. The molecule has 2 aromatic carbocycles. The van der Waals surface area contributed by atoms with Gasteiger partial charge in [0.1, 0.15) is 16.5 Å². The number of thiophene rings is 1. The number of piperazine rings is 1. The van der Waals surface area contributed by atoms with Crippen LogP contribution in [0.3, 0.4) is 0 Å². The second kappa shape index (κ2) is 9.36. The molecule has 5 rings (SSSR count). The maximum atomic E-state index is 6.39. The van der Waals surface area contributed by atoms with Crippen LogP contribution in [0.1, 0.15) is 21.8 Å². The molecule has 4 aromatic rings. The van der Waals surface area contributed by atoms with Crippen LogP contribution in [0.5, 0.6) is 0 Å². The van der Waals surface area contributed by atoms with E-state index >= 15 is 0 Å². The average molecular weight is 483 g/mol. The van der Waals surface area contributed by atoms with E-state index in [0.717, 1.165) is 66.2 Å². The number of aromatic nitrogens is 2. The van der Waals surface area contributed by atoms with E-state index < -0.39 is 0 Å².